The molecule has 0 aromatic rings. The molecule has 0 amide bonds. The van der Waals surface area contributed by atoms with Crippen LogP contribution in [0.4, 0.5) is 0 Å². The molecule has 0 aromatic heterocycles. The standard InChI is InChI=1S/C13H25NO2/c1-10(9-11(2)15)14-7-8-16-13-6-4-3-5-12(13)14/h10-13,15H,3-9H2,1-2H3. The molecule has 94 valence electrons. The van der Waals surface area contributed by atoms with Gasteiger partial charge in [0, 0.05) is 18.6 Å². The number of morpholine rings is 1. The van der Waals surface area contributed by atoms with E-state index in [0.717, 1.165) is 19.6 Å². The normalized spacial score (nSPS) is 35.4. The molecule has 4 atom stereocenters. The Bertz CT molecular complexity index is 218. The van der Waals surface area contributed by atoms with Crippen LogP contribution in [-0.2, 0) is 4.74 Å². The van der Waals surface area contributed by atoms with Crippen molar-refractivity contribution < 1.29 is 9.84 Å². The number of aliphatic hydroxyl groups is 1. The zero-order chi connectivity index (χ0) is 11.5. The van der Waals surface area contributed by atoms with Gasteiger partial charge in [0.2, 0.25) is 0 Å². The van der Waals surface area contributed by atoms with Crippen LogP contribution in [0.3, 0.4) is 0 Å². The second-order valence-corrected chi connectivity index (χ2v) is 5.43. The molecule has 0 spiro atoms. The van der Waals surface area contributed by atoms with Crippen LogP contribution in [0, 0.1) is 0 Å². The van der Waals surface area contributed by atoms with Crippen molar-refractivity contribution >= 4 is 0 Å². The quantitative estimate of drug-likeness (QED) is 0.798. The van der Waals surface area contributed by atoms with Gasteiger partial charge in [0.05, 0.1) is 18.8 Å². The number of ether oxygens (including phenoxy) is 1. The van der Waals surface area contributed by atoms with Crippen LogP contribution in [0.1, 0.15) is 46.0 Å². The van der Waals surface area contributed by atoms with Crippen molar-refractivity contribution in [2.45, 2.75) is 70.2 Å². The van der Waals surface area contributed by atoms with E-state index in [9.17, 15) is 5.11 Å². The van der Waals surface area contributed by atoms with Crippen molar-refractivity contribution in [3.63, 3.8) is 0 Å². The fourth-order valence-electron chi connectivity index (χ4n) is 3.30. The average Bonchev–Trinajstić information content (AvgIpc) is 2.27. The molecule has 2 rings (SSSR count). The van der Waals surface area contributed by atoms with Gasteiger partial charge in [-0.1, -0.05) is 12.8 Å². The van der Waals surface area contributed by atoms with E-state index >= 15 is 0 Å². The molecule has 4 unspecified atom stereocenters. The first kappa shape index (κ1) is 12.3. The zero-order valence-corrected chi connectivity index (χ0v) is 10.6. The van der Waals surface area contributed by atoms with E-state index < -0.39 is 0 Å². The first-order valence-corrected chi connectivity index (χ1v) is 6.74. The predicted molar refractivity (Wildman–Crippen MR) is 64.5 cm³/mol. The van der Waals surface area contributed by atoms with E-state index in [-0.39, 0.29) is 6.10 Å². The molecule has 1 aliphatic carbocycles. The third kappa shape index (κ3) is 2.76. The van der Waals surface area contributed by atoms with Crippen LogP contribution in [0.5, 0.6) is 0 Å². The molecule has 16 heavy (non-hydrogen) atoms. The minimum Gasteiger partial charge on any atom is -0.393 e. The monoisotopic (exact) mass is 227 g/mol. The van der Waals surface area contributed by atoms with Crippen LogP contribution in [0.15, 0.2) is 0 Å². The van der Waals surface area contributed by atoms with Gasteiger partial charge in [0.1, 0.15) is 0 Å². The summed E-state index contributed by atoms with van der Waals surface area (Å²) >= 11 is 0. The van der Waals surface area contributed by atoms with Gasteiger partial charge >= 0.3 is 0 Å². The summed E-state index contributed by atoms with van der Waals surface area (Å²) in [5.74, 6) is 0. The van der Waals surface area contributed by atoms with E-state index in [0.29, 0.717) is 18.2 Å². The maximum Gasteiger partial charge on any atom is 0.0731 e. The topological polar surface area (TPSA) is 32.7 Å². The SMILES string of the molecule is CC(O)CC(C)N1CCOC2CCCCC21. The summed E-state index contributed by atoms with van der Waals surface area (Å²) in [6, 6.07) is 1.09. The average molecular weight is 227 g/mol. The van der Waals surface area contributed by atoms with Gasteiger partial charge in [0.25, 0.3) is 0 Å². The molecule has 1 aliphatic heterocycles. The lowest BCUT2D eigenvalue weighted by molar-refractivity contribution is -0.104. The van der Waals surface area contributed by atoms with Crippen LogP contribution in [0.2, 0.25) is 0 Å². The number of hydrogen-bond acceptors (Lipinski definition) is 3. The number of rotatable bonds is 3. The fourth-order valence-corrected chi connectivity index (χ4v) is 3.30. The summed E-state index contributed by atoms with van der Waals surface area (Å²) < 4.78 is 5.86. The van der Waals surface area contributed by atoms with E-state index in [1.165, 1.54) is 25.7 Å². The Morgan fingerprint density at radius 3 is 2.81 bits per heavy atom. The van der Waals surface area contributed by atoms with Gasteiger partial charge in [-0.25, -0.2) is 0 Å². The molecule has 0 bridgehead atoms. The van der Waals surface area contributed by atoms with E-state index in [1.807, 2.05) is 6.92 Å². The van der Waals surface area contributed by atoms with Crippen LogP contribution < -0.4 is 0 Å². The third-order valence-electron chi connectivity index (χ3n) is 4.02. The zero-order valence-electron chi connectivity index (χ0n) is 10.6. The predicted octanol–water partition coefficient (Wildman–Crippen LogP) is 1.79. The summed E-state index contributed by atoms with van der Waals surface area (Å²) in [5, 5.41) is 9.49. The first-order valence-electron chi connectivity index (χ1n) is 6.74. The maximum atomic E-state index is 9.49. The van der Waals surface area contributed by atoms with Crippen LogP contribution >= 0.6 is 0 Å². The highest BCUT2D eigenvalue weighted by Crippen LogP contribution is 2.30. The lowest BCUT2D eigenvalue weighted by Crippen LogP contribution is -2.56. The number of aliphatic hydroxyl groups excluding tert-OH is 1. The van der Waals surface area contributed by atoms with Gasteiger partial charge in [0.15, 0.2) is 0 Å². The summed E-state index contributed by atoms with van der Waals surface area (Å²) in [4.78, 5) is 2.57. The highest BCUT2D eigenvalue weighted by atomic mass is 16.5. The Hall–Kier alpha value is -0.120. The second-order valence-electron chi connectivity index (χ2n) is 5.43. The molecule has 2 fully saturated rings. The molecule has 3 heteroatoms. The molecule has 0 aromatic carbocycles. The highest BCUT2D eigenvalue weighted by Gasteiger charge is 2.36. The van der Waals surface area contributed by atoms with Gasteiger partial charge in [-0.15, -0.1) is 0 Å². The second kappa shape index (κ2) is 5.48. The Morgan fingerprint density at radius 1 is 1.31 bits per heavy atom. The Balaban J connectivity index is 1.96. The number of hydrogen-bond donors (Lipinski definition) is 1. The Kier molecular flexibility index (Phi) is 4.22. The van der Waals surface area contributed by atoms with Gasteiger partial charge < -0.3 is 9.84 Å². The van der Waals surface area contributed by atoms with E-state index in [2.05, 4.69) is 11.8 Å². The molecule has 1 heterocycles. The van der Waals surface area contributed by atoms with Gasteiger partial charge in [-0.2, -0.15) is 0 Å². The largest absolute Gasteiger partial charge is 0.393 e. The number of nitrogens with zero attached hydrogens (tertiary/aromatic N) is 1. The van der Waals surface area contributed by atoms with Crippen molar-refractivity contribution in [2.75, 3.05) is 13.2 Å². The molecule has 0 radical (unpaired) electrons. The summed E-state index contributed by atoms with van der Waals surface area (Å²) in [7, 11) is 0. The Labute approximate surface area is 98.8 Å². The van der Waals surface area contributed by atoms with E-state index in [4.69, 9.17) is 4.74 Å². The van der Waals surface area contributed by atoms with Crippen molar-refractivity contribution in [3.05, 3.63) is 0 Å². The molecular weight excluding hydrogens is 202 g/mol. The molecule has 1 saturated heterocycles. The molecule has 1 N–H and O–H groups in total. The van der Waals surface area contributed by atoms with Crippen molar-refractivity contribution in [3.8, 4) is 0 Å². The van der Waals surface area contributed by atoms with Gasteiger partial charge in [-0.05, 0) is 33.1 Å². The molecular formula is C13H25NO2. The van der Waals surface area contributed by atoms with Crippen LogP contribution in [0.25, 0.3) is 0 Å². The van der Waals surface area contributed by atoms with Crippen molar-refractivity contribution in [1.29, 1.82) is 0 Å². The maximum absolute atomic E-state index is 9.49. The smallest absolute Gasteiger partial charge is 0.0731 e. The number of fused-ring (bicyclic) bond motifs is 1. The van der Waals surface area contributed by atoms with Crippen LogP contribution in [-0.4, -0.2) is 47.4 Å². The van der Waals surface area contributed by atoms with Crippen molar-refractivity contribution in [2.24, 2.45) is 0 Å². The summed E-state index contributed by atoms with van der Waals surface area (Å²) in [5.41, 5.74) is 0. The van der Waals surface area contributed by atoms with Crippen molar-refractivity contribution in [1.82, 2.24) is 4.90 Å². The van der Waals surface area contributed by atoms with Gasteiger partial charge in [-0.3, -0.25) is 4.90 Å². The molecule has 1 saturated carbocycles. The lowest BCUT2D eigenvalue weighted by Gasteiger charge is -2.46. The summed E-state index contributed by atoms with van der Waals surface area (Å²) in [6.07, 6.45) is 6.29. The lowest BCUT2D eigenvalue weighted by atomic mass is 9.89. The first-order chi connectivity index (χ1) is 7.68. The minimum absolute atomic E-state index is 0.195. The molecule has 3 nitrogen and oxygen atoms in total. The third-order valence-corrected chi connectivity index (χ3v) is 4.02. The minimum atomic E-state index is -0.195. The fraction of sp³-hybridized carbons (Fsp3) is 1.00. The molecule has 2 aliphatic rings. The van der Waals surface area contributed by atoms with E-state index in [1.54, 1.807) is 0 Å². The summed E-state index contributed by atoms with van der Waals surface area (Å²) in [6.45, 7) is 6.03. The Morgan fingerprint density at radius 2 is 2.06 bits per heavy atom. The highest BCUT2D eigenvalue weighted by molar-refractivity contribution is 4.89.